The van der Waals surface area contributed by atoms with E-state index in [0.29, 0.717) is 19.1 Å². The molecule has 26 heavy (non-hydrogen) atoms. The first-order valence-electron chi connectivity index (χ1n) is 9.13. The zero-order valence-corrected chi connectivity index (χ0v) is 18.3. The monoisotopic (exact) mass is 470 g/mol. The largest absolute Gasteiger partial charge is 0.380 e. The van der Waals surface area contributed by atoms with Gasteiger partial charge in [0.05, 0.1) is 18.7 Å². The number of pyridine rings is 1. The molecule has 1 aromatic heterocycles. The number of hydrogen-bond donors (Lipinski definition) is 2. The number of rotatable bonds is 9. The Labute approximate surface area is 174 Å². The molecule has 0 fully saturated rings. The van der Waals surface area contributed by atoms with Crippen LogP contribution in [0.5, 0.6) is 0 Å². The molecular weight excluding hydrogens is 439 g/mol. The topological polar surface area (TPSA) is 58.5 Å². The predicted octanol–water partition coefficient (Wildman–Crippen LogP) is 3.97. The van der Waals surface area contributed by atoms with Gasteiger partial charge in [0.25, 0.3) is 0 Å². The van der Waals surface area contributed by atoms with Gasteiger partial charge in [-0.15, -0.1) is 24.0 Å². The van der Waals surface area contributed by atoms with Gasteiger partial charge in [0.2, 0.25) is 0 Å². The Hall–Kier alpha value is -1.41. The second-order valence-electron chi connectivity index (χ2n) is 6.41. The number of hydrogen-bond acceptors (Lipinski definition) is 3. The number of halogens is 1. The lowest BCUT2D eigenvalue weighted by Crippen LogP contribution is -2.39. The van der Waals surface area contributed by atoms with Crippen LogP contribution in [-0.2, 0) is 11.3 Å². The van der Waals surface area contributed by atoms with Crippen LogP contribution in [-0.4, -0.2) is 37.2 Å². The molecule has 6 heteroatoms. The quantitative estimate of drug-likeness (QED) is 0.252. The zero-order chi connectivity index (χ0) is 17.9. The smallest absolute Gasteiger partial charge is 0.191 e. The van der Waals surface area contributed by atoms with E-state index in [2.05, 4.69) is 65.6 Å². The fraction of sp³-hybridized carbons (Fsp3) is 0.500. The summed E-state index contributed by atoms with van der Waals surface area (Å²) in [6, 6.07) is 10.2. The average Bonchev–Trinajstić information content (AvgIpc) is 2.62. The van der Waals surface area contributed by atoms with Crippen LogP contribution in [0.4, 0.5) is 0 Å². The molecule has 2 rings (SSSR count). The van der Waals surface area contributed by atoms with Crippen molar-refractivity contribution < 1.29 is 4.74 Å². The number of aromatic nitrogens is 1. The molecule has 0 aliphatic heterocycles. The van der Waals surface area contributed by atoms with Crippen LogP contribution in [0.25, 0.3) is 10.9 Å². The van der Waals surface area contributed by atoms with Crippen LogP contribution in [0.1, 0.15) is 32.8 Å². The van der Waals surface area contributed by atoms with E-state index in [-0.39, 0.29) is 24.0 Å². The molecule has 0 bridgehead atoms. The number of para-hydroxylation sites is 1. The Balaban J connectivity index is 0.00000338. The molecule has 2 aromatic rings. The van der Waals surface area contributed by atoms with E-state index in [1.165, 1.54) is 0 Å². The van der Waals surface area contributed by atoms with E-state index in [4.69, 9.17) is 4.74 Å². The van der Waals surface area contributed by atoms with Gasteiger partial charge in [-0.25, -0.2) is 4.99 Å². The lowest BCUT2D eigenvalue weighted by molar-refractivity contribution is 0.128. The molecule has 0 amide bonds. The highest BCUT2D eigenvalue weighted by molar-refractivity contribution is 14.0. The van der Waals surface area contributed by atoms with E-state index < -0.39 is 0 Å². The summed E-state index contributed by atoms with van der Waals surface area (Å²) in [5, 5.41) is 7.74. The van der Waals surface area contributed by atoms with Gasteiger partial charge in [-0.1, -0.05) is 38.1 Å². The van der Waals surface area contributed by atoms with Gasteiger partial charge in [-0.05, 0) is 30.9 Å². The van der Waals surface area contributed by atoms with Crippen molar-refractivity contribution in [3.63, 3.8) is 0 Å². The maximum absolute atomic E-state index is 5.64. The number of benzene rings is 1. The Bertz CT molecular complexity index is 670. The lowest BCUT2D eigenvalue weighted by atomic mass is 10.1. The van der Waals surface area contributed by atoms with Crippen molar-refractivity contribution in [1.29, 1.82) is 0 Å². The number of nitrogens with one attached hydrogen (secondary N) is 2. The van der Waals surface area contributed by atoms with Crippen LogP contribution in [0.3, 0.4) is 0 Å². The van der Waals surface area contributed by atoms with Gasteiger partial charge in [-0.2, -0.15) is 0 Å². The SMILES string of the molecule is CCNC(=NCc1cccc2cccnc12)NCCOCCC(C)C.I. The number of fused-ring (bicyclic) bond motifs is 1. The van der Waals surface area contributed by atoms with Crippen molar-refractivity contribution in [3.05, 3.63) is 42.1 Å². The molecule has 1 aromatic carbocycles. The maximum atomic E-state index is 5.64. The Morgan fingerprint density at radius 3 is 2.73 bits per heavy atom. The third-order valence-electron chi connectivity index (χ3n) is 3.85. The minimum atomic E-state index is 0. The molecule has 0 aliphatic rings. The summed E-state index contributed by atoms with van der Waals surface area (Å²) in [6.07, 6.45) is 2.93. The third kappa shape index (κ3) is 7.86. The highest BCUT2D eigenvalue weighted by atomic mass is 127. The molecule has 0 radical (unpaired) electrons. The second-order valence-corrected chi connectivity index (χ2v) is 6.41. The van der Waals surface area contributed by atoms with Gasteiger partial charge in [0.15, 0.2) is 5.96 Å². The normalized spacial score (nSPS) is 11.5. The van der Waals surface area contributed by atoms with Gasteiger partial charge < -0.3 is 15.4 Å². The number of guanidine groups is 1. The molecule has 2 N–H and O–H groups in total. The average molecular weight is 470 g/mol. The second kappa shape index (κ2) is 12.9. The van der Waals surface area contributed by atoms with E-state index in [9.17, 15) is 0 Å². The van der Waals surface area contributed by atoms with Crippen molar-refractivity contribution in [2.24, 2.45) is 10.9 Å². The molecule has 0 aliphatic carbocycles. The minimum Gasteiger partial charge on any atom is -0.380 e. The summed E-state index contributed by atoms with van der Waals surface area (Å²) >= 11 is 0. The summed E-state index contributed by atoms with van der Waals surface area (Å²) in [4.78, 5) is 9.16. The fourth-order valence-corrected chi connectivity index (χ4v) is 2.46. The number of nitrogens with zero attached hydrogens (tertiary/aromatic N) is 2. The van der Waals surface area contributed by atoms with E-state index in [0.717, 1.165) is 48.5 Å². The van der Waals surface area contributed by atoms with E-state index in [1.54, 1.807) is 0 Å². The Kier molecular flexibility index (Phi) is 11.2. The molecule has 0 saturated carbocycles. The highest BCUT2D eigenvalue weighted by Gasteiger charge is 2.02. The molecule has 144 valence electrons. The fourth-order valence-electron chi connectivity index (χ4n) is 2.46. The predicted molar refractivity (Wildman–Crippen MR) is 120 cm³/mol. The van der Waals surface area contributed by atoms with Crippen LogP contribution in [0, 0.1) is 5.92 Å². The summed E-state index contributed by atoms with van der Waals surface area (Å²) in [5.41, 5.74) is 2.14. The van der Waals surface area contributed by atoms with Crippen molar-refractivity contribution in [3.8, 4) is 0 Å². The van der Waals surface area contributed by atoms with E-state index in [1.807, 2.05) is 12.3 Å². The maximum Gasteiger partial charge on any atom is 0.191 e. The number of ether oxygens (including phenoxy) is 1. The van der Waals surface area contributed by atoms with Crippen LogP contribution in [0.2, 0.25) is 0 Å². The van der Waals surface area contributed by atoms with Crippen LogP contribution >= 0.6 is 24.0 Å². The third-order valence-corrected chi connectivity index (χ3v) is 3.85. The number of aliphatic imine (C=N–C) groups is 1. The lowest BCUT2D eigenvalue weighted by Gasteiger charge is -2.12. The molecule has 0 unspecified atom stereocenters. The van der Waals surface area contributed by atoms with Gasteiger partial charge in [0, 0.05) is 31.3 Å². The molecular formula is C20H31IN4O. The summed E-state index contributed by atoms with van der Waals surface area (Å²) in [6.45, 7) is 10.2. The highest BCUT2D eigenvalue weighted by Crippen LogP contribution is 2.16. The molecule has 5 nitrogen and oxygen atoms in total. The Morgan fingerprint density at radius 2 is 1.96 bits per heavy atom. The minimum absolute atomic E-state index is 0. The van der Waals surface area contributed by atoms with Crippen molar-refractivity contribution in [2.75, 3.05) is 26.3 Å². The van der Waals surface area contributed by atoms with E-state index >= 15 is 0 Å². The first kappa shape index (κ1) is 22.6. The first-order valence-corrected chi connectivity index (χ1v) is 9.13. The van der Waals surface area contributed by atoms with Crippen LogP contribution in [0.15, 0.2) is 41.5 Å². The molecule has 1 heterocycles. The first-order chi connectivity index (χ1) is 12.2. The summed E-state index contributed by atoms with van der Waals surface area (Å²) in [5.74, 6) is 1.49. The summed E-state index contributed by atoms with van der Waals surface area (Å²) in [7, 11) is 0. The summed E-state index contributed by atoms with van der Waals surface area (Å²) < 4.78 is 5.64. The molecule has 0 saturated heterocycles. The van der Waals surface area contributed by atoms with Gasteiger partial charge >= 0.3 is 0 Å². The van der Waals surface area contributed by atoms with Crippen molar-refractivity contribution in [1.82, 2.24) is 15.6 Å². The molecule has 0 atom stereocenters. The van der Waals surface area contributed by atoms with Crippen molar-refractivity contribution >= 4 is 40.8 Å². The van der Waals surface area contributed by atoms with Crippen molar-refractivity contribution in [2.45, 2.75) is 33.7 Å². The Morgan fingerprint density at radius 1 is 1.15 bits per heavy atom. The zero-order valence-electron chi connectivity index (χ0n) is 16.0. The standard InChI is InChI=1S/C20H30N4O.HI/c1-4-21-20(23-12-14-25-13-10-16(2)3)24-15-18-8-5-7-17-9-6-11-22-19(17)18;/h5-9,11,16H,4,10,12-15H2,1-3H3,(H2,21,23,24);1H. The van der Waals surface area contributed by atoms with Gasteiger partial charge in [0.1, 0.15) is 0 Å². The van der Waals surface area contributed by atoms with Gasteiger partial charge in [-0.3, -0.25) is 4.98 Å². The molecule has 0 spiro atoms. The van der Waals surface area contributed by atoms with Crippen LogP contribution < -0.4 is 10.6 Å².